The summed E-state index contributed by atoms with van der Waals surface area (Å²) in [7, 11) is -0.693. The Morgan fingerprint density at radius 1 is 0.733 bits per heavy atom. The quantitative estimate of drug-likeness (QED) is 0.405. The summed E-state index contributed by atoms with van der Waals surface area (Å²) >= 11 is 13.7. The molecule has 0 spiro atoms. The van der Waals surface area contributed by atoms with Gasteiger partial charge in [0.15, 0.2) is 0 Å². The molecule has 0 saturated heterocycles. The van der Waals surface area contributed by atoms with Crippen LogP contribution in [0.4, 0.5) is 0 Å². The van der Waals surface area contributed by atoms with Crippen LogP contribution in [0, 0.1) is 0 Å². The van der Waals surface area contributed by atoms with Crippen LogP contribution in [-0.4, -0.2) is 9.52 Å². The van der Waals surface area contributed by atoms with E-state index in [4.69, 9.17) is 23.2 Å². The average Bonchev–Trinajstić information content (AvgIpc) is 3.09. The van der Waals surface area contributed by atoms with Crippen molar-refractivity contribution in [1.82, 2.24) is 0 Å². The first-order valence-corrected chi connectivity index (χ1v) is 12.3. The molecule has 0 amide bonds. The summed E-state index contributed by atoms with van der Waals surface area (Å²) < 4.78 is 0. The number of allylic oxidation sites excluding steroid dienone is 8. The monoisotopic (exact) mass is 484 g/mol. The van der Waals surface area contributed by atoms with Crippen LogP contribution in [0.5, 0.6) is 0 Å². The maximum atomic E-state index is 7.24. The van der Waals surface area contributed by atoms with Gasteiger partial charge in [-0.25, -0.2) is 0 Å². The first-order chi connectivity index (χ1) is 13.9. The van der Waals surface area contributed by atoms with Crippen molar-refractivity contribution in [2.45, 2.75) is 39.5 Å². The van der Waals surface area contributed by atoms with Crippen LogP contribution in [-0.2, 0) is 27.1 Å². The number of hydrogen-bond donors (Lipinski definition) is 0. The van der Waals surface area contributed by atoms with Crippen molar-refractivity contribution in [1.29, 1.82) is 0 Å². The van der Waals surface area contributed by atoms with Crippen molar-refractivity contribution in [2.24, 2.45) is 0 Å². The maximum Gasteiger partial charge on any atom is 0.0882 e. The zero-order chi connectivity index (χ0) is 20.8. The van der Waals surface area contributed by atoms with Gasteiger partial charge in [-0.05, 0) is 50.0 Å². The molecular formula is C26H26Cl2SiTi. The summed E-state index contributed by atoms with van der Waals surface area (Å²) in [5.41, 5.74) is 7.42. The van der Waals surface area contributed by atoms with Gasteiger partial charge >= 0.3 is 0 Å². The summed E-state index contributed by atoms with van der Waals surface area (Å²) in [6, 6.07) is 21.4. The fraction of sp³-hybridized carbons (Fsp3) is 0.231. The van der Waals surface area contributed by atoms with E-state index in [-0.39, 0.29) is 21.7 Å². The third kappa shape index (κ3) is 3.59. The van der Waals surface area contributed by atoms with Gasteiger partial charge in [-0.2, -0.15) is 0 Å². The molecule has 0 nitrogen and oxygen atoms in total. The van der Waals surface area contributed by atoms with E-state index < -0.39 is 14.9 Å². The van der Waals surface area contributed by atoms with Gasteiger partial charge in [-0.3, -0.25) is 0 Å². The van der Waals surface area contributed by atoms with Gasteiger partial charge < -0.3 is 0 Å². The molecule has 0 saturated carbocycles. The molecule has 0 aromatic heterocycles. The van der Waals surface area contributed by atoms with Crippen LogP contribution in [0.25, 0.3) is 0 Å². The van der Waals surface area contributed by atoms with Crippen LogP contribution in [0.2, 0.25) is 0 Å². The van der Waals surface area contributed by atoms with E-state index in [0.29, 0.717) is 0 Å². The molecule has 0 heterocycles. The third-order valence-corrected chi connectivity index (χ3v) is 10.6. The van der Waals surface area contributed by atoms with E-state index in [1.807, 2.05) is 0 Å². The van der Waals surface area contributed by atoms with Gasteiger partial charge in [-0.15, -0.1) is 0 Å². The van der Waals surface area contributed by atoms with E-state index in [0.717, 1.165) is 16.5 Å². The second-order valence-electron chi connectivity index (χ2n) is 8.17. The summed E-state index contributed by atoms with van der Waals surface area (Å²) in [5, 5.41) is 4.93. The Balaban J connectivity index is 0.00000256. The fourth-order valence-electron chi connectivity index (χ4n) is 5.00. The van der Waals surface area contributed by atoms with Gasteiger partial charge in [-0.1, -0.05) is 105 Å². The Morgan fingerprint density at radius 2 is 1.23 bits per heavy atom. The molecule has 4 heteroatoms. The Hall–Kier alpha value is -1.09. The van der Waals surface area contributed by atoms with Crippen LogP contribution in [0.3, 0.4) is 0 Å². The zero-order valence-electron chi connectivity index (χ0n) is 17.9. The predicted octanol–water partition coefficient (Wildman–Crippen LogP) is 7.13. The molecule has 0 fully saturated rings. The minimum absolute atomic E-state index is 0. The van der Waals surface area contributed by atoms with Crippen molar-refractivity contribution in [2.75, 3.05) is 0 Å². The Morgan fingerprint density at radius 3 is 1.67 bits per heavy atom. The largest absolute Gasteiger partial charge is 0.0885 e. The van der Waals surface area contributed by atoms with Crippen LogP contribution in [0.15, 0.2) is 103 Å². The zero-order valence-corrected chi connectivity index (χ0v) is 22.4. The minimum Gasteiger partial charge on any atom is -0.0885 e. The predicted molar refractivity (Wildman–Crippen MR) is 129 cm³/mol. The number of rotatable bonds is 4. The van der Waals surface area contributed by atoms with E-state index in [2.05, 4.69) is 88.4 Å². The Kier molecular flexibility index (Phi) is 7.22. The number of benzene rings is 2. The topological polar surface area (TPSA) is 0 Å². The molecule has 0 atom stereocenters. The molecule has 2 aliphatic carbocycles. The molecule has 0 aliphatic heterocycles. The van der Waals surface area contributed by atoms with E-state index in [9.17, 15) is 0 Å². The molecule has 0 unspecified atom stereocenters. The summed E-state index contributed by atoms with van der Waals surface area (Å²) in [6.45, 7) is 8.89. The molecule has 2 aromatic rings. The molecule has 2 aromatic carbocycles. The van der Waals surface area contributed by atoms with Gasteiger partial charge in [0, 0.05) is 38.2 Å². The van der Waals surface area contributed by atoms with Gasteiger partial charge in [0.25, 0.3) is 0 Å². The molecule has 0 N–H and O–H groups in total. The van der Waals surface area contributed by atoms with E-state index in [1.165, 1.54) is 43.8 Å². The average molecular weight is 485 g/mol. The molecule has 2 aliphatic rings. The molecule has 30 heavy (non-hydrogen) atoms. The van der Waals surface area contributed by atoms with Crippen molar-refractivity contribution in [3.8, 4) is 0 Å². The van der Waals surface area contributed by atoms with Crippen molar-refractivity contribution in [3.05, 3.63) is 115 Å². The first kappa shape index (κ1) is 23.6. The Labute approximate surface area is 207 Å². The standard InChI is InChI=1S/C26H26Cl2Si.Ti/c1-16-15-22(27)17(2)23(16)29-24-18(3)25(28)26(19(24)4,20-11-7-5-8-12-20)21-13-9-6-10-14-21;/h5-14H,15,29H2,1-4H3;. The fourth-order valence-corrected chi connectivity index (χ4v) is 8.24. The van der Waals surface area contributed by atoms with Crippen LogP contribution < -0.4 is 0 Å². The summed E-state index contributed by atoms with van der Waals surface area (Å²) in [5.74, 6) is 0. The van der Waals surface area contributed by atoms with Gasteiger partial charge in [0.1, 0.15) is 0 Å². The molecule has 0 bridgehead atoms. The molecule has 0 radical (unpaired) electrons. The van der Waals surface area contributed by atoms with Crippen molar-refractivity contribution >= 4 is 32.7 Å². The molecule has 152 valence electrons. The van der Waals surface area contributed by atoms with Crippen molar-refractivity contribution in [3.63, 3.8) is 0 Å². The third-order valence-electron chi connectivity index (χ3n) is 6.69. The molecule has 4 rings (SSSR count). The Bertz CT molecular complexity index is 1050. The minimum atomic E-state index is -0.693. The van der Waals surface area contributed by atoms with E-state index >= 15 is 0 Å². The van der Waals surface area contributed by atoms with Crippen molar-refractivity contribution < 1.29 is 21.7 Å². The maximum absolute atomic E-state index is 7.24. The normalized spacial score (nSPS) is 18.9. The van der Waals surface area contributed by atoms with Crippen LogP contribution in [0.1, 0.15) is 45.2 Å². The van der Waals surface area contributed by atoms with Gasteiger partial charge in [0.05, 0.1) is 14.9 Å². The van der Waals surface area contributed by atoms with Gasteiger partial charge in [0.2, 0.25) is 0 Å². The number of halogens is 2. The second-order valence-corrected chi connectivity index (χ2v) is 10.8. The smallest absolute Gasteiger partial charge is 0.0882 e. The summed E-state index contributed by atoms with van der Waals surface area (Å²) in [4.78, 5) is 0. The van der Waals surface area contributed by atoms with E-state index in [1.54, 1.807) is 0 Å². The molecular weight excluding hydrogens is 459 g/mol. The number of hydrogen-bond acceptors (Lipinski definition) is 0. The summed E-state index contributed by atoms with van der Waals surface area (Å²) in [6.07, 6.45) is 0.904. The van der Waals surface area contributed by atoms with Crippen LogP contribution >= 0.6 is 23.2 Å². The SMILES string of the molecule is CC1=C([SiH2]C2=C(C)C(c3ccccc3)(c3ccccc3)C(Cl)=C2C)C(C)=C(Cl)C1.[Ti]. The first-order valence-electron chi connectivity index (χ1n) is 10.1. The second kappa shape index (κ2) is 9.19.